The minimum absolute atomic E-state index is 0.0273. The second-order valence-electron chi connectivity index (χ2n) is 12.6. The highest BCUT2D eigenvalue weighted by atomic mass is 16.6. The minimum Gasteiger partial charge on any atom is -0.482 e. The van der Waals surface area contributed by atoms with E-state index in [4.69, 9.17) is 25.2 Å². The van der Waals surface area contributed by atoms with E-state index in [1.54, 1.807) is 21.1 Å². The molecule has 0 radical (unpaired) electrons. The molecule has 3 aliphatic carbocycles. The number of Topliss-reactive ketones (excluding diaryl/α,β-unsaturated/α-hetero) is 1. The van der Waals surface area contributed by atoms with E-state index in [1.165, 1.54) is 17.7 Å². The van der Waals surface area contributed by atoms with Crippen LogP contribution in [0.15, 0.2) is 30.3 Å². The van der Waals surface area contributed by atoms with Crippen LogP contribution in [0.3, 0.4) is 0 Å². The van der Waals surface area contributed by atoms with Crippen molar-refractivity contribution in [3.63, 3.8) is 0 Å². The Bertz CT molecular complexity index is 1740. The van der Waals surface area contributed by atoms with Gasteiger partial charge in [0.15, 0.2) is 11.7 Å². The number of carbonyl (C=O) groups excluding carboxylic acids is 2. The number of hydrogen-bond acceptors (Lipinski definition) is 7. The van der Waals surface area contributed by atoms with Crippen LogP contribution in [-0.2, 0) is 11.3 Å². The lowest BCUT2D eigenvalue weighted by molar-refractivity contribution is 0.0788. The molecular formula is C33H40N6O4. The summed E-state index contributed by atoms with van der Waals surface area (Å²) in [7, 11) is 3.31. The Morgan fingerprint density at radius 1 is 1.07 bits per heavy atom. The molecule has 3 aliphatic rings. The highest BCUT2D eigenvalue weighted by Gasteiger charge is 2.46. The number of nitrogens with zero attached hydrogens (tertiary/aromatic N) is 5. The van der Waals surface area contributed by atoms with Crippen molar-refractivity contribution in [3.05, 3.63) is 41.6 Å². The van der Waals surface area contributed by atoms with Crippen molar-refractivity contribution in [2.45, 2.75) is 65.0 Å². The van der Waals surface area contributed by atoms with Crippen LogP contribution in [0.5, 0.6) is 5.88 Å². The van der Waals surface area contributed by atoms with Gasteiger partial charge in [-0.25, -0.2) is 14.8 Å². The molecule has 0 saturated heterocycles. The molecule has 4 aromatic heterocycles. The van der Waals surface area contributed by atoms with Crippen molar-refractivity contribution in [1.82, 2.24) is 18.9 Å². The number of imidazole rings is 1. The number of rotatable bonds is 8. The number of ether oxygens (including phenoxy) is 2. The van der Waals surface area contributed by atoms with Crippen LogP contribution in [0, 0.1) is 30.6 Å². The Morgan fingerprint density at radius 2 is 1.86 bits per heavy atom. The van der Waals surface area contributed by atoms with Crippen molar-refractivity contribution >= 4 is 34.4 Å². The third-order valence-corrected chi connectivity index (χ3v) is 9.97. The molecule has 43 heavy (non-hydrogen) atoms. The molecule has 10 nitrogen and oxygen atoms in total. The number of methoxy groups -OCH3 is 1. The first-order valence-corrected chi connectivity index (χ1v) is 15.6. The maximum Gasteiger partial charge on any atom is 0.415 e. The fourth-order valence-corrected chi connectivity index (χ4v) is 7.51. The van der Waals surface area contributed by atoms with Crippen molar-refractivity contribution < 1.29 is 19.1 Å². The largest absolute Gasteiger partial charge is 0.482 e. The van der Waals surface area contributed by atoms with Crippen LogP contribution in [0.1, 0.15) is 61.5 Å². The van der Waals surface area contributed by atoms with Gasteiger partial charge in [-0.2, -0.15) is 0 Å². The molecular weight excluding hydrogens is 544 g/mol. The van der Waals surface area contributed by atoms with Crippen molar-refractivity contribution in [2.75, 3.05) is 25.7 Å². The predicted octanol–water partition coefficient (Wildman–Crippen LogP) is 5.62. The lowest BCUT2D eigenvalue weighted by Crippen LogP contribution is -2.41. The number of pyridine rings is 2. The third-order valence-electron chi connectivity index (χ3n) is 9.97. The smallest absolute Gasteiger partial charge is 0.415 e. The molecule has 1 unspecified atom stereocenters. The summed E-state index contributed by atoms with van der Waals surface area (Å²) in [4.78, 5) is 37.8. The molecule has 2 bridgehead atoms. The lowest BCUT2D eigenvalue weighted by Gasteiger charge is -2.33. The number of aromatic nitrogens is 4. The lowest BCUT2D eigenvalue weighted by atomic mass is 9.72. The normalized spacial score (nSPS) is 23.2. The monoisotopic (exact) mass is 584 g/mol. The first kappa shape index (κ1) is 27.9. The fourth-order valence-electron chi connectivity index (χ4n) is 7.51. The molecule has 0 aromatic carbocycles. The maximum absolute atomic E-state index is 14.0. The molecule has 4 aromatic rings. The van der Waals surface area contributed by atoms with E-state index in [-0.39, 0.29) is 23.7 Å². The standard InChI is InChI=1S/C33H40N6O4/c1-5-43-33(41)37(3)26-13-10-21-14-25(38(32(21)36-26)17-19-6-7-19)30-18(2)39-27(35-30)15-22(16-28(39)42-4)31(40)29-20-8-11-23(29)24(34)12-9-20/h10,13-16,19-20,23-24,29H,5-9,11-12,17,34H2,1-4H3/t20-,23+,24-,29?/m0/s1. The van der Waals surface area contributed by atoms with Gasteiger partial charge in [-0.3, -0.25) is 14.1 Å². The van der Waals surface area contributed by atoms with E-state index in [0.29, 0.717) is 41.4 Å². The topological polar surface area (TPSA) is 117 Å². The summed E-state index contributed by atoms with van der Waals surface area (Å²) >= 11 is 0. The zero-order chi connectivity index (χ0) is 30.0. The van der Waals surface area contributed by atoms with Crippen LogP contribution in [0.25, 0.3) is 28.1 Å². The number of carbonyl (C=O) groups is 2. The average molecular weight is 585 g/mol. The molecule has 4 heterocycles. The van der Waals surface area contributed by atoms with Gasteiger partial charge in [-0.1, -0.05) is 0 Å². The van der Waals surface area contributed by atoms with E-state index in [2.05, 4.69) is 10.6 Å². The first-order valence-electron chi connectivity index (χ1n) is 15.6. The Morgan fingerprint density at radius 3 is 2.60 bits per heavy atom. The molecule has 7 rings (SSSR count). The van der Waals surface area contributed by atoms with Gasteiger partial charge < -0.3 is 19.8 Å². The summed E-state index contributed by atoms with van der Waals surface area (Å²) in [6, 6.07) is 9.83. The number of amides is 1. The van der Waals surface area contributed by atoms with Crippen molar-refractivity contribution in [3.8, 4) is 17.3 Å². The molecule has 10 heteroatoms. The summed E-state index contributed by atoms with van der Waals surface area (Å²) in [5, 5.41) is 0.972. The van der Waals surface area contributed by atoms with Gasteiger partial charge in [0.2, 0.25) is 0 Å². The molecule has 0 aliphatic heterocycles. The molecule has 0 spiro atoms. The fraction of sp³-hybridized carbons (Fsp3) is 0.515. The summed E-state index contributed by atoms with van der Waals surface area (Å²) in [5.41, 5.74) is 11.3. The van der Waals surface area contributed by atoms with E-state index >= 15 is 0 Å². The van der Waals surface area contributed by atoms with Crippen LogP contribution >= 0.6 is 0 Å². The Labute approximate surface area is 251 Å². The molecule has 1 amide bonds. The minimum atomic E-state index is -0.438. The number of fused-ring (bicyclic) bond motifs is 4. The second-order valence-corrected chi connectivity index (χ2v) is 12.6. The van der Waals surface area contributed by atoms with E-state index in [9.17, 15) is 9.59 Å². The second kappa shape index (κ2) is 10.7. The molecule has 3 saturated carbocycles. The summed E-state index contributed by atoms with van der Waals surface area (Å²) in [5.74, 6) is 2.50. The maximum atomic E-state index is 14.0. The van der Waals surface area contributed by atoms with Crippen molar-refractivity contribution in [1.29, 1.82) is 0 Å². The number of hydrogen-bond donors (Lipinski definition) is 1. The van der Waals surface area contributed by atoms with Crippen LogP contribution in [-0.4, -0.2) is 57.6 Å². The molecule has 4 atom stereocenters. The zero-order valence-electron chi connectivity index (χ0n) is 25.4. The molecule has 226 valence electrons. The van der Waals surface area contributed by atoms with Gasteiger partial charge in [0.25, 0.3) is 0 Å². The van der Waals surface area contributed by atoms with Gasteiger partial charge in [0, 0.05) is 42.6 Å². The van der Waals surface area contributed by atoms with Crippen molar-refractivity contribution in [2.24, 2.45) is 29.4 Å². The van der Waals surface area contributed by atoms with E-state index in [1.807, 2.05) is 35.6 Å². The van der Waals surface area contributed by atoms with Gasteiger partial charge in [-0.05, 0) is 94.4 Å². The van der Waals surface area contributed by atoms with Crippen LogP contribution < -0.4 is 15.4 Å². The quantitative estimate of drug-likeness (QED) is 0.267. The Balaban J connectivity index is 1.32. The van der Waals surface area contributed by atoms with Gasteiger partial charge in [0.1, 0.15) is 22.8 Å². The Kier molecular flexibility index (Phi) is 6.91. The highest BCUT2D eigenvalue weighted by Crippen LogP contribution is 2.48. The number of anilines is 1. The van der Waals surface area contributed by atoms with Crippen LogP contribution in [0.2, 0.25) is 0 Å². The SMILES string of the molecule is CCOC(=O)N(C)c1ccc2cc(-c3nc4cc(C(=O)C5[C@@H]6CC[C@H](N)[C@H]5CC6)cc(OC)n4c3C)n(CC3CC3)c2n1. The highest BCUT2D eigenvalue weighted by molar-refractivity contribution is 6.00. The summed E-state index contributed by atoms with van der Waals surface area (Å²) in [6.45, 7) is 4.94. The number of aryl methyl sites for hydroxylation is 1. The van der Waals surface area contributed by atoms with Gasteiger partial charge >= 0.3 is 6.09 Å². The summed E-state index contributed by atoms with van der Waals surface area (Å²) in [6.07, 6.45) is 6.07. The molecule has 2 N–H and O–H groups in total. The number of nitrogens with two attached hydrogens (primary N) is 1. The predicted molar refractivity (Wildman–Crippen MR) is 165 cm³/mol. The Hall–Kier alpha value is -3.92. The van der Waals surface area contributed by atoms with Gasteiger partial charge in [-0.15, -0.1) is 0 Å². The van der Waals surface area contributed by atoms with Gasteiger partial charge in [0.05, 0.1) is 25.1 Å². The average Bonchev–Trinajstić information content (AvgIpc) is 3.55. The number of ketones is 1. The molecule has 3 fully saturated rings. The van der Waals surface area contributed by atoms with E-state index in [0.717, 1.165) is 60.3 Å². The van der Waals surface area contributed by atoms with Crippen LogP contribution in [0.4, 0.5) is 10.6 Å². The summed E-state index contributed by atoms with van der Waals surface area (Å²) < 4.78 is 15.3. The third kappa shape index (κ3) is 4.67. The first-order chi connectivity index (χ1) is 20.8. The zero-order valence-corrected chi connectivity index (χ0v) is 25.4. The van der Waals surface area contributed by atoms with E-state index < -0.39 is 6.09 Å².